The van der Waals surface area contributed by atoms with Crippen LogP contribution in [0.25, 0.3) is 0 Å². The van der Waals surface area contributed by atoms with Gasteiger partial charge in [0.15, 0.2) is 5.96 Å². The molecule has 0 aromatic heterocycles. The molecule has 0 atom stereocenters. The molecule has 5 nitrogen and oxygen atoms in total. The third-order valence-corrected chi connectivity index (χ3v) is 1.82. The Kier molecular flexibility index (Phi) is 1.43. The predicted octanol–water partition coefficient (Wildman–Crippen LogP) is -0.487. The highest BCUT2D eigenvalue weighted by Crippen LogP contribution is 2.20. The number of nitrogens with one attached hydrogen (secondary N) is 1. The Hall–Kier alpha value is -1.65. The van der Waals surface area contributed by atoms with Crippen LogP contribution < -0.4 is 11.1 Å². The van der Waals surface area contributed by atoms with Crippen LogP contribution in [0.3, 0.4) is 0 Å². The van der Waals surface area contributed by atoms with Crippen molar-refractivity contribution in [3.8, 4) is 0 Å². The van der Waals surface area contributed by atoms with Gasteiger partial charge >= 0.3 is 0 Å². The number of allylic oxidation sites excluding steroid dienone is 1. The van der Waals surface area contributed by atoms with Crippen molar-refractivity contribution in [1.29, 1.82) is 5.41 Å². The van der Waals surface area contributed by atoms with E-state index in [1.54, 1.807) is 17.2 Å². The van der Waals surface area contributed by atoms with Gasteiger partial charge in [0.1, 0.15) is 13.3 Å². The summed E-state index contributed by atoms with van der Waals surface area (Å²) in [5.74, 6) is 0.0234. The van der Waals surface area contributed by atoms with Crippen LogP contribution in [-0.2, 0) is 4.74 Å². The Bertz CT molecular complexity index is 281. The van der Waals surface area contributed by atoms with Crippen molar-refractivity contribution in [2.45, 2.75) is 0 Å². The molecule has 0 unspecified atom stereocenters. The molecule has 2 rings (SSSR count). The SMILES string of the molecule is N=C(N)N1C[N]C2=C1C=COC2. The summed E-state index contributed by atoms with van der Waals surface area (Å²) < 4.78 is 5.04. The van der Waals surface area contributed by atoms with E-state index in [9.17, 15) is 0 Å². The summed E-state index contributed by atoms with van der Waals surface area (Å²) in [6.07, 6.45) is 3.37. The zero-order chi connectivity index (χ0) is 8.55. The molecular formula is C7H9N4O. The second kappa shape index (κ2) is 2.44. The lowest BCUT2D eigenvalue weighted by atomic mass is 10.3. The van der Waals surface area contributed by atoms with Crippen LogP contribution in [0.4, 0.5) is 0 Å². The first-order chi connectivity index (χ1) is 5.79. The van der Waals surface area contributed by atoms with Gasteiger partial charge in [-0.15, -0.1) is 0 Å². The van der Waals surface area contributed by atoms with Crippen LogP contribution in [0.5, 0.6) is 0 Å². The summed E-state index contributed by atoms with van der Waals surface area (Å²) in [4.78, 5) is 1.63. The molecule has 5 heteroatoms. The zero-order valence-corrected chi connectivity index (χ0v) is 6.45. The number of guanidine groups is 1. The van der Waals surface area contributed by atoms with Gasteiger partial charge in [0.25, 0.3) is 0 Å². The van der Waals surface area contributed by atoms with Gasteiger partial charge in [0, 0.05) is 0 Å². The molecule has 12 heavy (non-hydrogen) atoms. The van der Waals surface area contributed by atoms with Crippen LogP contribution in [0.1, 0.15) is 0 Å². The molecule has 0 aromatic rings. The minimum atomic E-state index is 0.0234. The van der Waals surface area contributed by atoms with Crippen LogP contribution in [0, 0.1) is 5.41 Å². The molecule has 0 saturated carbocycles. The van der Waals surface area contributed by atoms with E-state index in [2.05, 4.69) is 5.32 Å². The molecule has 0 aliphatic carbocycles. The highest BCUT2D eigenvalue weighted by molar-refractivity contribution is 5.78. The van der Waals surface area contributed by atoms with Crippen molar-refractivity contribution < 1.29 is 4.74 Å². The van der Waals surface area contributed by atoms with Gasteiger partial charge in [-0.2, -0.15) is 0 Å². The Morgan fingerprint density at radius 3 is 3.33 bits per heavy atom. The van der Waals surface area contributed by atoms with Crippen molar-refractivity contribution in [3.05, 3.63) is 23.7 Å². The largest absolute Gasteiger partial charge is 0.495 e. The molecule has 1 radical (unpaired) electrons. The predicted molar refractivity (Wildman–Crippen MR) is 42.9 cm³/mol. The molecule has 0 amide bonds. The maximum Gasteiger partial charge on any atom is 0.194 e. The standard InChI is InChI=1S/C7H9N4O/c8-7(9)11-4-10-5-3-12-2-1-6(5)11/h1-2H,3-4H2,(H3,8,9). The minimum absolute atomic E-state index is 0.0234. The van der Waals surface area contributed by atoms with Crippen LogP contribution in [0.15, 0.2) is 23.7 Å². The number of ether oxygens (including phenoxy) is 1. The number of nitrogens with two attached hydrogens (primary N) is 1. The molecule has 0 spiro atoms. The number of nitrogens with zero attached hydrogens (tertiary/aromatic N) is 2. The number of hydrogen-bond acceptors (Lipinski definition) is 2. The lowest BCUT2D eigenvalue weighted by Gasteiger charge is -2.16. The molecule has 0 saturated heterocycles. The average molecular weight is 165 g/mol. The van der Waals surface area contributed by atoms with Gasteiger partial charge < -0.3 is 10.5 Å². The summed E-state index contributed by atoms with van der Waals surface area (Å²) >= 11 is 0. The highest BCUT2D eigenvalue weighted by Gasteiger charge is 2.25. The molecule has 2 aliphatic heterocycles. The van der Waals surface area contributed by atoms with E-state index in [1.807, 2.05) is 0 Å². The first-order valence-electron chi connectivity index (χ1n) is 3.59. The number of rotatable bonds is 0. The van der Waals surface area contributed by atoms with E-state index < -0.39 is 0 Å². The van der Waals surface area contributed by atoms with Crippen LogP contribution >= 0.6 is 0 Å². The van der Waals surface area contributed by atoms with Crippen molar-refractivity contribution in [1.82, 2.24) is 10.2 Å². The van der Waals surface area contributed by atoms with Crippen molar-refractivity contribution >= 4 is 5.96 Å². The first kappa shape index (κ1) is 7.02. The van der Waals surface area contributed by atoms with E-state index in [1.165, 1.54) is 0 Å². The fourth-order valence-corrected chi connectivity index (χ4v) is 1.22. The van der Waals surface area contributed by atoms with Crippen LogP contribution in [-0.4, -0.2) is 24.1 Å². The molecule has 63 valence electrons. The van der Waals surface area contributed by atoms with E-state index >= 15 is 0 Å². The fourth-order valence-electron chi connectivity index (χ4n) is 1.22. The summed E-state index contributed by atoms with van der Waals surface area (Å²) in [5, 5.41) is 11.4. The van der Waals surface area contributed by atoms with Gasteiger partial charge in [0.2, 0.25) is 0 Å². The van der Waals surface area contributed by atoms with Gasteiger partial charge in [-0.3, -0.25) is 15.6 Å². The zero-order valence-electron chi connectivity index (χ0n) is 6.45. The van der Waals surface area contributed by atoms with E-state index in [0.29, 0.717) is 13.3 Å². The molecule has 3 N–H and O–H groups in total. The maximum absolute atomic E-state index is 7.25. The lowest BCUT2D eigenvalue weighted by Crippen LogP contribution is -2.34. The highest BCUT2D eigenvalue weighted by atomic mass is 16.5. The topological polar surface area (TPSA) is 76.4 Å². The Labute approximate surface area is 70.0 Å². The van der Waals surface area contributed by atoms with Gasteiger partial charge in [-0.05, 0) is 6.08 Å². The quantitative estimate of drug-likeness (QED) is 0.375. The summed E-state index contributed by atoms with van der Waals surface area (Å²) in [5.41, 5.74) is 7.10. The molecule has 0 bridgehead atoms. The Morgan fingerprint density at radius 2 is 2.58 bits per heavy atom. The van der Waals surface area contributed by atoms with Gasteiger partial charge in [-0.1, -0.05) is 0 Å². The minimum Gasteiger partial charge on any atom is -0.495 e. The fraction of sp³-hybridized carbons (Fsp3) is 0.286. The molecule has 0 fully saturated rings. The first-order valence-corrected chi connectivity index (χ1v) is 3.59. The summed E-state index contributed by atoms with van der Waals surface area (Å²) in [6.45, 7) is 0.920. The van der Waals surface area contributed by atoms with Crippen LogP contribution in [0.2, 0.25) is 0 Å². The second-order valence-electron chi connectivity index (χ2n) is 2.56. The van der Waals surface area contributed by atoms with Crippen molar-refractivity contribution in [3.63, 3.8) is 0 Å². The van der Waals surface area contributed by atoms with E-state index in [-0.39, 0.29) is 5.96 Å². The van der Waals surface area contributed by atoms with Gasteiger partial charge in [0.05, 0.1) is 17.7 Å². The Balaban J connectivity index is 2.28. The average Bonchev–Trinajstić information content (AvgIpc) is 2.47. The normalized spacial score (nSPS) is 20.2. The van der Waals surface area contributed by atoms with Gasteiger partial charge in [-0.25, -0.2) is 0 Å². The third-order valence-electron chi connectivity index (χ3n) is 1.82. The summed E-state index contributed by atoms with van der Waals surface area (Å²) in [6, 6.07) is 0. The molecule has 2 aliphatic rings. The smallest absolute Gasteiger partial charge is 0.194 e. The monoisotopic (exact) mass is 165 g/mol. The lowest BCUT2D eigenvalue weighted by molar-refractivity contribution is 0.269. The van der Waals surface area contributed by atoms with E-state index in [0.717, 1.165) is 11.4 Å². The molecular weight excluding hydrogens is 156 g/mol. The van der Waals surface area contributed by atoms with Crippen molar-refractivity contribution in [2.24, 2.45) is 5.73 Å². The summed E-state index contributed by atoms with van der Waals surface area (Å²) in [7, 11) is 0. The maximum atomic E-state index is 7.25. The van der Waals surface area contributed by atoms with Crippen molar-refractivity contribution in [2.75, 3.05) is 13.3 Å². The number of hydrogen-bond donors (Lipinski definition) is 2. The third kappa shape index (κ3) is 0.903. The molecule has 2 heterocycles. The Morgan fingerprint density at radius 1 is 1.75 bits per heavy atom. The van der Waals surface area contributed by atoms with E-state index in [4.69, 9.17) is 15.9 Å². The second-order valence-corrected chi connectivity index (χ2v) is 2.56. The molecule has 0 aromatic carbocycles.